The fourth-order valence-corrected chi connectivity index (χ4v) is 7.99. The summed E-state index contributed by atoms with van der Waals surface area (Å²) in [7, 11) is 0. The minimum atomic E-state index is -0.720. The molecule has 0 radical (unpaired) electrons. The van der Waals surface area contributed by atoms with Crippen LogP contribution in [0.15, 0.2) is 58.9 Å². The van der Waals surface area contributed by atoms with E-state index in [1.807, 2.05) is 6.08 Å². The van der Waals surface area contributed by atoms with Crippen molar-refractivity contribution in [3.05, 3.63) is 58.9 Å². The Bertz CT molecular complexity index is 1060. The van der Waals surface area contributed by atoms with Crippen LogP contribution < -0.4 is 0 Å². The molecule has 0 bridgehead atoms. The molecule has 184 valence electrons. The number of carboxylic acid groups (broad SMARTS) is 1. The molecular weight excluding hydrogens is 424 g/mol. The van der Waals surface area contributed by atoms with Gasteiger partial charge in [-0.3, -0.25) is 4.79 Å². The van der Waals surface area contributed by atoms with E-state index in [0.717, 1.165) is 31.3 Å². The van der Waals surface area contributed by atoms with Crippen molar-refractivity contribution >= 4 is 11.9 Å². The van der Waals surface area contributed by atoms with E-state index in [4.69, 9.17) is 4.74 Å². The maximum absolute atomic E-state index is 11.9. The highest BCUT2D eigenvalue weighted by atomic mass is 16.5. The van der Waals surface area contributed by atoms with Crippen LogP contribution in [0.1, 0.15) is 80.1 Å². The molecule has 6 unspecified atom stereocenters. The lowest BCUT2D eigenvalue weighted by molar-refractivity contribution is -0.138. The Morgan fingerprint density at radius 2 is 2.03 bits per heavy atom. The van der Waals surface area contributed by atoms with E-state index in [2.05, 4.69) is 59.4 Å². The third-order valence-electron chi connectivity index (χ3n) is 10.1. The molecule has 4 heteroatoms. The van der Waals surface area contributed by atoms with Crippen molar-refractivity contribution in [2.24, 2.45) is 34.0 Å². The molecule has 0 saturated heterocycles. The van der Waals surface area contributed by atoms with E-state index in [1.165, 1.54) is 11.1 Å². The van der Waals surface area contributed by atoms with Crippen LogP contribution in [-0.2, 0) is 14.3 Å². The fraction of sp³-hybridized carbons (Fsp3) is 0.600. The highest BCUT2D eigenvalue weighted by Gasteiger charge is 2.63. The summed E-state index contributed by atoms with van der Waals surface area (Å²) in [6.07, 6.45) is 13.8. The smallest absolute Gasteiger partial charge is 0.339 e. The quantitative estimate of drug-likeness (QED) is 0.335. The average molecular weight is 465 g/mol. The Morgan fingerprint density at radius 3 is 2.62 bits per heavy atom. The minimum Gasteiger partial charge on any atom is -0.481 e. The molecule has 1 heterocycles. The summed E-state index contributed by atoms with van der Waals surface area (Å²) in [6, 6.07) is 0. The number of hydrogen-bond acceptors (Lipinski definition) is 3. The summed E-state index contributed by atoms with van der Waals surface area (Å²) >= 11 is 0. The van der Waals surface area contributed by atoms with Crippen molar-refractivity contribution < 1.29 is 19.4 Å². The molecule has 4 nitrogen and oxygen atoms in total. The molecular formula is C30H40O4. The molecule has 1 saturated carbocycles. The van der Waals surface area contributed by atoms with Gasteiger partial charge in [0.25, 0.3) is 0 Å². The molecule has 1 fully saturated rings. The third kappa shape index (κ3) is 3.48. The maximum Gasteiger partial charge on any atom is 0.339 e. The standard InChI is InChI=1S/C30H40O4/c1-18(2)23-8-9-25-24(28(23,6)13-12-26(31)32)11-15-30(25)20(4)10-14-29(30,7)21(5)17-22-16-19(3)27(33)34-22/h9-10,16-17,21,23-24H,1,8,11-15H2,2-7H3,(H,31,32). The second kappa shape index (κ2) is 8.39. The number of fused-ring (bicyclic) bond motifs is 2. The summed E-state index contributed by atoms with van der Waals surface area (Å²) in [5, 5.41) is 9.51. The number of ether oxygens (including phenoxy) is 1. The zero-order valence-corrected chi connectivity index (χ0v) is 21.7. The van der Waals surface area contributed by atoms with Gasteiger partial charge in [-0.05, 0) is 93.6 Å². The van der Waals surface area contributed by atoms with E-state index in [9.17, 15) is 14.7 Å². The largest absolute Gasteiger partial charge is 0.481 e. The molecule has 6 atom stereocenters. The van der Waals surface area contributed by atoms with Crippen molar-refractivity contribution in [3.63, 3.8) is 0 Å². The lowest BCUT2D eigenvalue weighted by Crippen LogP contribution is -2.45. The second-order valence-electron chi connectivity index (χ2n) is 11.8. The van der Waals surface area contributed by atoms with Crippen LogP contribution in [-0.4, -0.2) is 17.0 Å². The zero-order chi connectivity index (χ0) is 25.1. The van der Waals surface area contributed by atoms with Gasteiger partial charge in [0.05, 0.1) is 0 Å². The van der Waals surface area contributed by atoms with E-state index >= 15 is 0 Å². The van der Waals surface area contributed by atoms with Gasteiger partial charge < -0.3 is 9.84 Å². The van der Waals surface area contributed by atoms with Gasteiger partial charge in [-0.15, -0.1) is 0 Å². The molecule has 1 aliphatic heterocycles. The van der Waals surface area contributed by atoms with Crippen molar-refractivity contribution in [1.29, 1.82) is 0 Å². The van der Waals surface area contributed by atoms with Crippen LogP contribution in [0.25, 0.3) is 0 Å². The molecule has 4 rings (SSSR count). The van der Waals surface area contributed by atoms with Crippen molar-refractivity contribution in [1.82, 2.24) is 0 Å². The van der Waals surface area contributed by atoms with Crippen molar-refractivity contribution in [3.8, 4) is 0 Å². The number of rotatable bonds is 6. The Labute approximate surface area is 204 Å². The van der Waals surface area contributed by atoms with Crippen LogP contribution in [0.3, 0.4) is 0 Å². The molecule has 0 amide bonds. The van der Waals surface area contributed by atoms with Crippen molar-refractivity contribution in [2.45, 2.75) is 80.1 Å². The maximum atomic E-state index is 11.9. The minimum absolute atomic E-state index is 0.0365. The van der Waals surface area contributed by atoms with Gasteiger partial charge in [0.2, 0.25) is 0 Å². The van der Waals surface area contributed by atoms with E-state index < -0.39 is 5.97 Å². The molecule has 0 aromatic rings. The molecule has 34 heavy (non-hydrogen) atoms. The van der Waals surface area contributed by atoms with Crippen LogP contribution >= 0.6 is 0 Å². The Hall–Kier alpha value is -2.36. The lowest BCUT2D eigenvalue weighted by atomic mass is 9.51. The van der Waals surface area contributed by atoms with E-state index in [1.54, 1.807) is 6.92 Å². The predicted molar refractivity (Wildman–Crippen MR) is 135 cm³/mol. The summed E-state index contributed by atoms with van der Waals surface area (Å²) in [5.74, 6) is 0.552. The molecule has 1 N–H and O–H groups in total. The number of aliphatic carboxylic acids is 1. The number of allylic oxidation sites excluding steroid dienone is 7. The van der Waals surface area contributed by atoms with Gasteiger partial charge in [-0.2, -0.15) is 0 Å². The van der Waals surface area contributed by atoms with Crippen LogP contribution in [0.4, 0.5) is 0 Å². The predicted octanol–water partition coefficient (Wildman–Crippen LogP) is 7.16. The molecule has 3 aliphatic carbocycles. The van der Waals surface area contributed by atoms with Gasteiger partial charge in [0.1, 0.15) is 5.76 Å². The summed E-state index contributed by atoms with van der Waals surface area (Å²) < 4.78 is 5.49. The van der Waals surface area contributed by atoms with Gasteiger partial charge in [-0.1, -0.05) is 56.2 Å². The van der Waals surface area contributed by atoms with Crippen molar-refractivity contribution in [2.75, 3.05) is 0 Å². The Morgan fingerprint density at radius 1 is 1.32 bits per heavy atom. The second-order valence-corrected chi connectivity index (χ2v) is 11.8. The number of carbonyl (C=O) groups is 2. The monoisotopic (exact) mass is 464 g/mol. The number of esters is 1. The molecule has 4 aliphatic rings. The van der Waals surface area contributed by atoms with Crippen LogP contribution in [0, 0.1) is 34.0 Å². The van der Waals surface area contributed by atoms with Gasteiger partial charge in [-0.25, -0.2) is 4.79 Å². The topological polar surface area (TPSA) is 63.6 Å². The third-order valence-corrected chi connectivity index (χ3v) is 10.1. The van der Waals surface area contributed by atoms with Crippen LogP contribution in [0.5, 0.6) is 0 Å². The first kappa shape index (κ1) is 24.8. The first-order valence-corrected chi connectivity index (χ1v) is 12.7. The molecule has 0 aromatic heterocycles. The number of carboxylic acids is 1. The van der Waals surface area contributed by atoms with Crippen LogP contribution in [0.2, 0.25) is 0 Å². The number of hydrogen-bond donors (Lipinski definition) is 1. The normalized spacial score (nSPS) is 38.9. The number of carbonyl (C=O) groups excluding carboxylic acids is 1. The molecule has 1 spiro atoms. The highest BCUT2D eigenvalue weighted by Crippen LogP contribution is 2.72. The van der Waals surface area contributed by atoms with Gasteiger partial charge in [0, 0.05) is 17.4 Å². The average Bonchev–Trinajstić information content (AvgIpc) is 3.39. The highest BCUT2D eigenvalue weighted by molar-refractivity contribution is 5.92. The van der Waals surface area contributed by atoms with Gasteiger partial charge >= 0.3 is 11.9 Å². The Kier molecular flexibility index (Phi) is 6.11. The van der Waals surface area contributed by atoms with Gasteiger partial charge in [0.15, 0.2) is 0 Å². The summed E-state index contributed by atoms with van der Waals surface area (Å²) in [6.45, 7) is 17.5. The fourth-order valence-electron chi connectivity index (χ4n) is 7.99. The van der Waals surface area contributed by atoms with E-state index in [0.29, 0.717) is 29.6 Å². The zero-order valence-electron chi connectivity index (χ0n) is 21.7. The Balaban J connectivity index is 1.75. The first-order chi connectivity index (χ1) is 15.9. The lowest BCUT2D eigenvalue weighted by Gasteiger charge is -2.53. The molecule has 0 aromatic carbocycles. The summed E-state index contributed by atoms with van der Waals surface area (Å²) in [4.78, 5) is 23.5. The number of cyclic esters (lactones) is 1. The first-order valence-electron chi connectivity index (χ1n) is 12.7. The summed E-state index contributed by atoms with van der Waals surface area (Å²) in [5.41, 5.74) is 4.59. The van der Waals surface area contributed by atoms with E-state index in [-0.39, 0.29) is 34.6 Å². The SMILES string of the molecule is C=C(C)C1CC=C2C(CCC23C(C)=CCC3(C)C(C)C=C2C=C(C)C(=O)O2)C1(C)CCC(=O)O.